The Morgan fingerprint density at radius 2 is 1.83 bits per heavy atom. The minimum Gasteiger partial charge on any atom is -0.496 e. The third kappa shape index (κ3) is 4.40. The van der Waals surface area contributed by atoms with Gasteiger partial charge in [-0.05, 0) is 35.4 Å². The number of Topliss-reactive ketones (excluding diaryl/α,β-unsaturated/α-hetero) is 1. The van der Waals surface area contributed by atoms with Gasteiger partial charge in [-0.25, -0.2) is 4.79 Å². The molecule has 182 valence electrons. The van der Waals surface area contributed by atoms with Crippen molar-refractivity contribution in [2.45, 2.75) is 19.0 Å². The Morgan fingerprint density at radius 3 is 2.61 bits per heavy atom. The van der Waals surface area contributed by atoms with Crippen LogP contribution in [0.2, 0.25) is 0 Å². The van der Waals surface area contributed by atoms with E-state index in [2.05, 4.69) is 0 Å². The number of hydrogen-bond donors (Lipinski definition) is 1. The highest BCUT2D eigenvalue weighted by atomic mass is 16.5. The van der Waals surface area contributed by atoms with Gasteiger partial charge in [-0.3, -0.25) is 9.59 Å². The molecule has 0 fully saturated rings. The third-order valence-electron chi connectivity index (χ3n) is 6.28. The molecule has 0 saturated carbocycles. The molecule has 8 nitrogen and oxygen atoms in total. The molecule has 2 aliphatic heterocycles. The van der Waals surface area contributed by atoms with Crippen LogP contribution < -0.4 is 14.2 Å². The van der Waals surface area contributed by atoms with Crippen molar-refractivity contribution in [2.24, 2.45) is 0 Å². The van der Waals surface area contributed by atoms with E-state index in [-0.39, 0.29) is 31.1 Å². The second-order valence-electron chi connectivity index (χ2n) is 8.48. The number of carboxylic acids is 1. The first-order valence-electron chi connectivity index (χ1n) is 11.4. The standard InChI is InChI=1S/C28H23NO7/c1-34-23-9-5-4-7-18(23)13-25-27(31)21-11-10-20(14-24(21)36-25)35-16-26(30)29-15-19-8-3-2-6-17(19)12-22(29)28(32)33/h2-11,13-14,22H,12,15-16H2,1H3,(H,32,33). The number of hydrogen-bond acceptors (Lipinski definition) is 6. The molecule has 1 unspecified atom stereocenters. The molecule has 3 aromatic rings. The number of para-hydroxylation sites is 1. The minimum absolute atomic E-state index is 0.152. The van der Waals surface area contributed by atoms with E-state index in [9.17, 15) is 19.5 Å². The maximum atomic E-state index is 12.9. The van der Waals surface area contributed by atoms with E-state index < -0.39 is 17.9 Å². The summed E-state index contributed by atoms with van der Waals surface area (Å²) in [6.07, 6.45) is 1.86. The van der Waals surface area contributed by atoms with Crippen molar-refractivity contribution in [1.82, 2.24) is 4.90 Å². The molecular weight excluding hydrogens is 462 g/mol. The van der Waals surface area contributed by atoms with E-state index in [0.717, 1.165) is 11.1 Å². The Balaban J connectivity index is 1.29. The number of fused-ring (bicyclic) bond motifs is 2. The fourth-order valence-corrected chi connectivity index (χ4v) is 4.42. The number of ketones is 1. The molecule has 0 spiro atoms. The van der Waals surface area contributed by atoms with Gasteiger partial charge in [0, 0.05) is 24.6 Å². The zero-order valence-corrected chi connectivity index (χ0v) is 19.5. The first kappa shape index (κ1) is 23.2. The highest BCUT2D eigenvalue weighted by molar-refractivity contribution is 6.14. The molecular formula is C28H23NO7. The summed E-state index contributed by atoms with van der Waals surface area (Å²) >= 11 is 0. The Kier molecular flexibility index (Phi) is 6.16. The number of benzene rings is 3. The fourth-order valence-electron chi connectivity index (χ4n) is 4.42. The summed E-state index contributed by atoms with van der Waals surface area (Å²) in [6, 6.07) is 18.5. The molecule has 0 aliphatic carbocycles. The zero-order chi connectivity index (χ0) is 25.2. The molecule has 5 rings (SSSR count). The van der Waals surface area contributed by atoms with Crippen LogP contribution in [0.1, 0.15) is 27.0 Å². The number of rotatable bonds is 6. The number of amides is 1. The molecule has 1 atom stereocenters. The van der Waals surface area contributed by atoms with Crippen molar-refractivity contribution in [3.8, 4) is 17.2 Å². The van der Waals surface area contributed by atoms with Crippen LogP contribution >= 0.6 is 0 Å². The average molecular weight is 485 g/mol. The molecule has 0 saturated heterocycles. The van der Waals surface area contributed by atoms with Gasteiger partial charge in [0.1, 0.15) is 23.3 Å². The van der Waals surface area contributed by atoms with E-state index in [1.807, 2.05) is 42.5 Å². The van der Waals surface area contributed by atoms with E-state index in [4.69, 9.17) is 14.2 Å². The summed E-state index contributed by atoms with van der Waals surface area (Å²) in [6.45, 7) is -0.142. The average Bonchev–Trinajstić information content (AvgIpc) is 3.20. The summed E-state index contributed by atoms with van der Waals surface area (Å²) in [5.41, 5.74) is 2.93. The number of methoxy groups -OCH3 is 1. The van der Waals surface area contributed by atoms with Crippen LogP contribution in [-0.4, -0.2) is 47.4 Å². The topological polar surface area (TPSA) is 102 Å². The van der Waals surface area contributed by atoms with Crippen molar-refractivity contribution in [2.75, 3.05) is 13.7 Å². The van der Waals surface area contributed by atoms with Gasteiger partial charge in [0.25, 0.3) is 5.91 Å². The second kappa shape index (κ2) is 9.58. The van der Waals surface area contributed by atoms with Crippen molar-refractivity contribution in [1.29, 1.82) is 0 Å². The van der Waals surface area contributed by atoms with Gasteiger partial charge in [-0.1, -0.05) is 42.5 Å². The Labute approximate surface area is 207 Å². The highest BCUT2D eigenvalue weighted by Gasteiger charge is 2.35. The summed E-state index contributed by atoms with van der Waals surface area (Å²) in [7, 11) is 1.55. The number of carboxylic acid groups (broad SMARTS) is 1. The Bertz CT molecular complexity index is 1390. The Morgan fingerprint density at radius 1 is 1.08 bits per heavy atom. The molecule has 1 N–H and O–H groups in total. The lowest BCUT2D eigenvalue weighted by Gasteiger charge is -2.34. The molecule has 0 radical (unpaired) electrons. The van der Waals surface area contributed by atoms with Gasteiger partial charge >= 0.3 is 5.97 Å². The molecule has 0 aromatic heterocycles. The van der Waals surface area contributed by atoms with Crippen molar-refractivity contribution < 1.29 is 33.7 Å². The third-order valence-corrected chi connectivity index (χ3v) is 6.28. The Hall–Kier alpha value is -4.59. The largest absolute Gasteiger partial charge is 0.496 e. The number of nitrogens with zero attached hydrogens (tertiary/aromatic N) is 1. The van der Waals surface area contributed by atoms with E-state index in [1.54, 1.807) is 37.5 Å². The zero-order valence-electron chi connectivity index (χ0n) is 19.5. The predicted molar refractivity (Wildman–Crippen MR) is 130 cm³/mol. The summed E-state index contributed by atoms with van der Waals surface area (Å²) in [5, 5.41) is 9.67. The van der Waals surface area contributed by atoms with Crippen LogP contribution in [0.3, 0.4) is 0 Å². The minimum atomic E-state index is -1.06. The fraction of sp³-hybridized carbons (Fsp3) is 0.179. The first-order valence-corrected chi connectivity index (χ1v) is 11.4. The van der Waals surface area contributed by atoms with E-state index in [1.165, 1.54) is 4.90 Å². The van der Waals surface area contributed by atoms with Gasteiger partial charge in [0.05, 0.1) is 12.7 Å². The van der Waals surface area contributed by atoms with E-state index in [0.29, 0.717) is 28.4 Å². The van der Waals surface area contributed by atoms with Gasteiger partial charge in [0.2, 0.25) is 5.78 Å². The first-order chi connectivity index (χ1) is 17.4. The normalized spacial score (nSPS) is 17.2. The van der Waals surface area contributed by atoms with Crippen LogP contribution in [0.5, 0.6) is 17.2 Å². The number of aliphatic carboxylic acids is 1. The number of carbonyl (C=O) groups excluding carboxylic acids is 2. The SMILES string of the molecule is COc1ccccc1C=C1Oc2cc(OCC(=O)N3Cc4ccccc4CC3C(=O)O)ccc2C1=O. The van der Waals surface area contributed by atoms with E-state index >= 15 is 0 Å². The number of ether oxygens (including phenoxy) is 3. The maximum Gasteiger partial charge on any atom is 0.326 e. The lowest BCUT2D eigenvalue weighted by atomic mass is 9.94. The van der Waals surface area contributed by atoms with Crippen molar-refractivity contribution in [3.63, 3.8) is 0 Å². The van der Waals surface area contributed by atoms with Crippen LogP contribution in [0.25, 0.3) is 6.08 Å². The second-order valence-corrected chi connectivity index (χ2v) is 8.48. The van der Waals surface area contributed by atoms with Crippen LogP contribution in [0.15, 0.2) is 72.5 Å². The predicted octanol–water partition coefficient (Wildman–Crippen LogP) is 3.73. The quantitative estimate of drug-likeness (QED) is 0.531. The smallest absolute Gasteiger partial charge is 0.326 e. The van der Waals surface area contributed by atoms with Crippen molar-refractivity contribution >= 4 is 23.7 Å². The molecule has 8 heteroatoms. The van der Waals surface area contributed by atoms with Gasteiger partial charge in [0.15, 0.2) is 12.4 Å². The van der Waals surface area contributed by atoms with Gasteiger partial charge in [-0.2, -0.15) is 0 Å². The van der Waals surface area contributed by atoms with Gasteiger partial charge in [-0.15, -0.1) is 0 Å². The lowest BCUT2D eigenvalue weighted by molar-refractivity contribution is -0.152. The molecule has 36 heavy (non-hydrogen) atoms. The summed E-state index contributed by atoms with van der Waals surface area (Å²) < 4.78 is 16.8. The number of carbonyl (C=O) groups is 3. The maximum absolute atomic E-state index is 12.9. The monoisotopic (exact) mass is 485 g/mol. The lowest BCUT2D eigenvalue weighted by Crippen LogP contribution is -2.50. The molecule has 2 aliphatic rings. The summed E-state index contributed by atoms with van der Waals surface area (Å²) in [5.74, 6) is -0.351. The van der Waals surface area contributed by atoms with Crippen LogP contribution in [0, 0.1) is 0 Å². The molecule has 1 amide bonds. The summed E-state index contributed by atoms with van der Waals surface area (Å²) in [4.78, 5) is 38.9. The van der Waals surface area contributed by atoms with Crippen LogP contribution in [0.4, 0.5) is 0 Å². The van der Waals surface area contributed by atoms with Crippen molar-refractivity contribution in [3.05, 3.63) is 94.7 Å². The molecule has 3 aromatic carbocycles. The van der Waals surface area contributed by atoms with Crippen LogP contribution in [-0.2, 0) is 22.6 Å². The highest BCUT2D eigenvalue weighted by Crippen LogP contribution is 2.36. The molecule has 2 heterocycles. The molecule has 0 bridgehead atoms. The number of allylic oxidation sites excluding steroid dienone is 1. The van der Waals surface area contributed by atoms with Gasteiger partial charge < -0.3 is 24.2 Å².